The van der Waals surface area contributed by atoms with E-state index in [-0.39, 0.29) is 47.9 Å². The van der Waals surface area contributed by atoms with Crippen molar-refractivity contribution in [2.75, 3.05) is 0 Å². The number of aliphatic hydroxyl groups is 1. The van der Waals surface area contributed by atoms with Crippen LogP contribution in [0.2, 0.25) is 0 Å². The van der Waals surface area contributed by atoms with Crippen LogP contribution in [0.3, 0.4) is 0 Å². The Morgan fingerprint density at radius 3 is 2.06 bits per heavy atom. The van der Waals surface area contributed by atoms with Crippen LogP contribution in [0.4, 0.5) is 0 Å². The summed E-state index contributed by atoms with van der Waals surface area (Å²) in [4.78, 5) is 24.2. The smallest absolute Gasteiger partial charge is 0.164 e. The number of allylic oxidation sites excluding steroid dienone is 2. The third-order valence-corrected chi connectivity index (χ3v) is 13.9. The molecule has 0 fully saturated rings. The minimum atomic E-state index is -0.337. The molecule has 0 atom stereocenters. The van der Waals surface area contributed by atoms with Crippen LogP contribution in [-0.2, 0) is 36.7 Å². The number of rotatable bonds is 10. The molecule has 285 valence electrons. The van der Waals surface area contributed by atoms with Crippen molar-refractivity contribution in [1.29, 1.82) is 0 Å². The molecule has 4 nitrogen and oxygen atoms in total. The molecule has 0 unspecified atom stereocenters. The van der Waals surface area contributed by atoms with Crippen LogP contribution >= 0.6 is 22.7 Å². The maximum Gasteiger partial charge on any atom is 0.164 e. The van der Waals surface area contributed by atoms with Crippen molar-refractivity contribution in [1.82, 2.24) is 9.97 Å². The van der Waals surface area contributed by atoms with E-state index in [0.29, 0.717) is 5.92 Å². The topological polar surface area (TPSA) is 63.1 Å². The number of hydrogen-bond acceptors (Lipinski definition) is 6. The first-order valence-corrected chi connectivity index (χ1v) is 20.6. The molecule has 0 saturated carbocycles. The number of fused-ring (bicyclic) bond motifs is 6. The Balaban J connectivity index is 0.000000299. The number of nitrogens with zero attached hydrogens (tertiary/aromatic N) is 2. The standard InChI is InChI=1S/C31H29N2S2.C15H28O2.Ir/c1-17(2)13-24-18(3)34-28-22(24)11-12-23-26-27(32-16-33-30(26)35-29(23)28)20-14-19-9-7-8-10-21(19)25(15-20)31(4,5)6;1-7-14(5,8-2)12(16)11-13(17)15(6,9-3)10-4;/h7-12,15-17H,13H2,1-6H3;11,16H,7-10H2,1-6H3;/q-1;;/b;12-11-;. The Morgan fingerprint density at radius 2 is 1.45 bits per heavy atom. The van der Waals surface area contributed by atoms with Crippen LogP contribution in [0.15, 0.2) is 60.6 Å². The molecule has 53 heavy (non-hydrogen) atoms. The Hall–Kier alpha value is -2.96. The Morgan fingerprint density at radius 1 is 0.849 bits per heavy atom. The number of carbonyl (C=O) groups is 1. The fourth-order valence-electron chi connectivity index (χ4n) is 6.92. The van der Waals surface area contributed by atoms with E-state index in [1.807, 2.05) is 52.9 Å². The van der Waals surface area contributed by atoms with Crippen molar-refractivity contribution < 1.29 is 30.0 Å². The van der Waals surface area contributed by atoms with Crippen molar-refractivity contribution >= 4 is 69.6 Å². The number of aliphatic hydroxyl groups excluding tert-OH is 1. The van der Waals surface area contributed by atoms with Gasteiger partial charge >= 0.3 is 0 Å². The first kappa shape index (κ1) is 42.8. The molecule has 0 amide bonds. The summed E-state index contributed by atoms with van der Waals surface area (Å²) in [5.41, 5.74) is 4.26. The molecule has 0 bridgehead atoms. The summed E-state index contributed by atoms with van der Waals surface area (Å²) in [6, 6.07) is 19.2. The van der Waals surface area contributed by atoms with E-state index in [1.54, 1.807) is 17.7 Å². The van der Waals surface area contributed by atoms with Gasteiger partial charge in [0.25, 0.3) is 0 Å². The molecule has 1 N–H and O–H groups in total. The van der Waals surface area contributed by atoms with E-state index < -0.39 is 0 Å². The maximum atomic E-state index is 12.2. The summed E-state index contributed by atoms with van der Waals surface area (Å²) in [7, 11) is 0. The quantitative estimate of drug-likeness (QED) is 0.0845. The third-order valence-electron chi connectivity index (χ3n) is 11.5. The zero-order valence-corrected chi connectivity index (χ0v) is 37.7. The second kappa shape index (κ2) is 16.8. The van der Waals surface area contributed by atoms with Crippen molar-refractivity contribution in [3.8, 4) is 11.3 Å². The van der Waals surface area contributed by atoms with E-state index in [2.05, 4.69) is 90.1 Å². The van der Waals surface area contributed by atoms with E-state index in [0.717, 1.165) is 59.0 Å². The van der Waals surface area contributed by atoms with Gasteiger partial charge in [-0.2, -0.15) is 0 Å². The molecule has 3 aromatic carbocycles. The molecule has 3 heterocycles. The minimum absolute atomic E-state index is 0. The molecular formula is C46H57IrN2O2S2-. The summed E-state index contributed by atoms with van der Waals surface area (Å²) in [6.07, 6.45) is 7.59. The largest absolute Gasteiger partial charge is 0.512 e. The van der Waals surface area contributed by atoms with Gasteiger partial charge in [0, 0.05) is 53.0 Å². The van der Waals surface area contributed by atoms with Crippen molar-refractivity contribution in [3.05, 3.63) is 82.7 Å². The number of carbonyl (C=O) groups excluding carboxylic acids is 1. The normalized spacial score (nSPS) is 12.8. The molecule has 6 aromatic rings. The molecule has 0 saturated heterocycles. The van der Waals surface area contributed by atoms with Crippen LogP contribution in [0.5, 0.6) is 0 Å². The predicted molar refractivity (Wildman–Crippen MR) is 227 cm³/mol. The second-order valence-corrected chi connectivity index (χ2v) is 18.6. The monoisotopic (exact) mass is 926 g/mol. The van der Waals surface area contributed by atoms with E-state index in [4.69, 9.17) is 9.97 Å². The molecule has 0 aliphatic carbocycles. The molecule has 7 heteroatoms. The van der Waals surface area contributed by atoms with Gasteiger partial charge in [-0.1, -0.05) is 117 Å². The van der Waals surface area contributed by atoms with Crippen molar-refractivity contribution in [2.45, 2.75) is 121 Å². The van der Waals surface area contributed by atoms with E-state index in [1.165, 1.54) is 47.6 Å². The molecule has 0 aliphatic rings. The summed E-state index contributed by atoms with van der Waals surface area (Å²) in [5, 5.41) is 16.3. The zero-order valence-electron chi connectivity index (χ0n) is 33.7. The summed E-state index contributed by atoms with van der Waals surface area (Å²) >= 11 is 3.73. The maximum absolute atomic E-state index is 12.2. The Labute approximate surface area is 338 Å². The van der Waals surface area contributed by atoms with Gasteiger partial charge in [-0.15, -0.1) is 51.8 Å². The van der Waals surface area contributed by atoms with Crippen LogP contribution in [-0.4, -0.2) is 20.9 Å². The second-order valence-electron chi connectivity index (χ2n) is 16.4. The Kier molecular flexibility index (Phi) is 13.6. The third kappa shape index (κ3) is 8.49. The van der Waals surface area contributed by atoms with Gasteiger partial charge in [0.2, 0.25) is 0 Å². The SMILES string of the molecule is CCC(C)(CC)C(=O)/C=C(\O)C(C)(CC)CC.Cc1sc2c(ccc3c2sc2ncnc(-c4[c-]c5ccccc5c(C(C)(C)C)c4)c23)c1CC(C)C.[Ir]. The average molecular weight is 926 g/mol. The van der Waals surface area contributed by atoms with Crippen LogP contribution in [0.25, 0.3) is 52.4 Å². The van der Waals surface area contributed by atoms with Crippen molar-refractivity contribution in [3.63, 3.8) is 0 Å². The average Bonchev–Trinajstić information content (AvgIpc) is 3.66. The first-order valence-electron chi connectivity index (χ1n) is 19.0. The van der Waals surface area contributed by atoms with Gasteiger partial charge in [-0.05, 0) is 66.7 Å². The summed E-state index contributed by atoms with van der Waals surface area (Å²) in [6.45, 7) is 25.8. The number of thiophene rings is 2. The summed E-state index contributed by atoms with van der Waals surface area (Å²) < 4.78 is 2.72. The fraction of sp³-hybridized carbons (Fsp3) is 0.457. The van der Waals surface area contributed by atoms with Crippen LogP contribution in [0.1, 0.15) is 118 Å². The van der Waals surface area contributed by atoms with E-state index in [9.17, 15) is 9.90 Å². The number of aryl methyl sites for hydroxylation is 1. The Bertz CT molecular complexity index is 2260. The van der Waals surface area contributed by atoms with E-state index >= 15 is 0 Å². The molecule has 0 aliphatic heterocycles. The molecule has 3 aromatic heterocycles. The number of hydrogen-bond donors (Lipinski definition) is 1. The van der Waals surface area contributed by atoms with Gasteiger partial charge in [-0.3, -0.25) is 9.78 Å². The zero-order chi connectivity index (χ0) is 38.2. The molecular weight excluding hydrogens is 869 g/mol. The van der Waals surface area contributed by atoms with Gasteiger partial charge in [0.05, 0.1) is 9.40 Å². The van der Waals surface area contributed by atoms with Crippen LogP contribution in [0, 0.1) is 29.7 Å². The number of aromatic nitrogens is 2. The van der Waals surface area contributed by atoms with Gasteiger partial charge in [-0.25, -0.2) is 4.98 Å². The van der Waals surface area contributed by atoms with Crippen LogP contribution < -0.4 is 0 Å². The van der Waals surface area contributed by atoms with Gasteiger partial charge < -0.3 is 5.11 Å². The fourth-order valence-corrected chi connectivity index (χ4v) is 9.38. The molecule has 0 spiro atoms. The summed E-state index contributed by atoms with van der Waals surface area (Å²) in [5.74, 6) is 0.927. The molecule has 6 rings (SSSR count). The minimum Gasteiger partial charge on any atom is -0.512 e. The number of benzene rings is 3. The van der Waals surface area contributed by atoms with Gasteiger partial charge in [0.1, 0.15) is 16.9 Å². The molecule has 1 radical (unpaired) electrons. The van der Waals surface area contributed by atoms with Crippen molar-refractivity contribution in [2.24, 2.45) is 16.7 Å². The first-order chi connectivity index (χ1) is 24.5. The number of ketones is 1. The van der Waals surface area contributed by atoms with Gasteiger partial charge in [0.15, 0.2) is 5.78 Å². The predicted octanol–water partition coefficient (Wildman–Crippen LogP) is 14.1.